The highest BCUT2D eigenvalue weighted by molar-refractivity contribution is 6.00. The zero-order valence-corrected chi connectivity index (χ0v) is 17.2. The number of carbonyl (C=O) groups is 1. The number of nitrogens with zero attached hydrogens (tertiary/aromatic N) is 4. The number of nitrogens with one attached hydrogen (secondary N) is 1. The molecule has 1 N–H and O–H groups in total. The molecule has 0 unspecified atom stereocenters. The van der Waals surface area contributed by atoms with Gasteiger partial charge in [0.2, 0.25) is 11.5 Å². The summed E-state index contributed by atoms with van der Waals surface area (Å²) in [5, 5.41) is 18.4. The van der Waals surface area contributed by atoms with Gasteiger partial charge in [-0.2, -0.15) is 5.10 Å². The Hall–Kier alpha value is -4.15. The van der Waals surface area contributed by atoms with Gasteiger partial charge in [-0.15, -0.1) is 0 Å². The van der Waals surface area contributed by atoms with Gasteiger partial charge in [-0.25, -0.2) is 9.67 Å². The zero-order valence-electron chi connectivity index (χ0n) is 17.2. The van der Waals surface area contributed by atoms with Gasteiger partial charge in [0, 0.05) is 12.6 Å². The Morgan fingerprint density at radius 3 is 2.32 bits per heavy atom. The number of nitro groups is 1. The fourth-order valence-corrected chi connectivity index (χ4v) is 3.04. The average molecular weight is 427 g/mol. The highest BCUT2D eigenvalue weighted by Crippen LogP contribution is 2.46. The lowest BCUT2D eigenvalue weighted by Gasteiger charge is -2.15. The molecular formula is C20H21N5O6. The molecule has 0 spiro atoms. The molecule has 0 saturated heterocycles. The smallest absolute Gasteiger partial charge is 0.327 e. The van der Waals surface area contributed by atoms with Crippen LogP contribution in [0.4, 0.5) is 5.69 Å². The summed E-state index contributed by atoms with van der Waals surface area (Å²) in [6.07, 6.45) is 3.09. The maximum absolute atomic E-state index is 12.8. The summed E-state index contributed by atoms with van der Waals surface area (Å²) >= 11 is 0. The number of nitro benzene ring substituents is 1. The fourth-order valence-electron chi connectivity index (χ4n) is 3.04. The zero-order chi connectivity index (χ0) is 22.4. The van der Waals surface area contributed by atoms with Crippen LogP contribution in [0.2, 0.25) is 0 Å². The van der Waals surface area contributed by atoms with Crippen molar-refractivity contribution in [3.63, 3.8) is 0 Å². The number of methoxy groups -OCH3 is 3. The number of rotatable bonds is 9. The molecule has 0 atom stereocenters. The van der Waals surface area contributed by atoms with Crippen molar-refractivity contribution in [2.45, 2.75) is 13.1 Å². The second-order valence-corrected chi connectivity index (χ2v) is 6.39. The van der Waals surface area contributed by atoms with Crippen molar-refractivity contribution in [1.82, 2.24) is 20.1 Å². The second kappa shape index (κ2) is 9.57. The topological polar surface area (TPSA) is 131 Å². The molecule has 1 aromatic heterocycles. The van der Waals surface area contributed by atoms with E-state index in [1.807, 2.05) is 24.3 Å². The van der Waals surface area contributed by atoms with Gasteiger partial charge >= 0.3 is 5.69 Å². The maximum atomic E-state index is 12.8. The molecule has 0 aliphatic rings. The van der Waals surface area contributed by atoms with Gasteiger partial charge in [0.1, 0.15) is 18.2 Å². The first-order valence-electron chi connectivity index (χ1n) is 9.14. The van der Waals surface area contributed by atoms with Crippen LogP contribution in [0, 0.1) is 10.1 Å². The number of amides is 1. The van der Waals surface area contributed by atoms with E-state index in [-0.39, 0.29) is 29.4 Å². The predicted octanol–water partition coefficient (Wildman–Crippen LogP) is 2.19. The highest BCUT2D eigenvalue weighted by atomic mass is 16.6. The minimum atomic E-state index is -0.686. The van der Waals surface area contributed by atoms with Gasteiger partial charge in [0.25, 0.3) is 5.91 Å². The maximum Gasteiger partial charge on any atom is 0.327 e. The molecule has 1 heterocycles. The van der Waals surface area contributed by atoms with Crippen LogP contribution < -0.4 is 19.5 Å². The third kappa shape index (κ3) is 4.71. The molecule has 11 heteroatoms. The van der Waals surface area contributed by atoms with E-state index in [0.717, 1.165) is 11.1 Å². The molecule has 11 nitrogen and oxygen atoms in total. The van der Waals surface area contributed by atoms with Crippen LogP contribution >= 0.6 is 0 Å². The Kier molecular flexibility index (Phi) is 6.65. The van der Waals surface area contributed by atoms with Crippen molar-refractivity contribution in [1.29, 1.82) is 0 Å². The summed E-state index contributed by atoms with van der Waals surface area (Å²) in [4.78, 5) is 27.6. The number of ether oxygens (including phenoxy) is 3. The van der Waals surface area contributed by atoms with Crippen LogP contribution in [-0.4, -0.2) is 46.9 Å². The van der Waals surface area contributed by atoms with E-state index >= 15 is 0 Å². The fraction of sp³-hybridized carbons (Fsp3) is 0.250. The molecule has 0 saturated carbocycles. The Morgan fingerprint density at radius 2 is 1.77 bits per heavy atom. The molecule has 31 heavy (non-hydrogen) atoms. The first kappa shape index (κ1) is 21.6. The molecule has 0 radical (unpaired) electrons. The standard InChI is InChI=1S/C20H21N5O6/c1-29-16-8-15(17(25(27)28)19(31-3)18(16)30-2)20(26)22-9-13-4-6-14(7-5-13)10-24-12-21-11-23-24/h4-8,11-12H,9-10H2,1-3H3,(H,22,26). The third-order valence-electron chi connectivity index (χ3n) is 4.52. The largest absolute Gasteiger partial charge is 0.493 e. The molecule has 3 aromatic rings. The SMILES string of the molecule is COc1cc(C(=O)NCc2ccc(Cn3cncn3)cc2)c([N+](=O)[O-])c(OC)c1OC. The van der Waals surface area contributed by atoms with Gasteiger partial charge < -0.3 is 19.5 Å². The van der Waals surface area contributed by atoms with Crippen LogP contribution in [-0.2, 0) is 13.1 Å². The molecule has 0 fully saturated rings. The summed E-state index contributed by atoms with van der Waals surface area (Å²) < 4.78 is 17.2. The van der Waals surface area contributed by atoms with Gasteiger partial charge in [-0.1, -0.05) is 24.3 Å². The van der Waals surface area contributed by atoms with E-state index in [4.69, 9.17) is 14.2 Å². The first-order chi connectivity index (χ1) is 15.0. The number of hydrogen-bond acceptors (Lipinski definition) is 8. The van der Waals surface area contributed by atoms with E-state index in [2.05, 4.69) is 15.4 Å². The van der Waals surface area contributed by atoms with E-state index < -0.39 is 16.5 Å². The number of hydrogen-bond donors (Lipinski definition) is 1. The number of carbonyl (C=O) groups excluding carboxylic acids is 1. The first-order valence-corrected chi connectivity index (χ1v) is 9.14. The molecule has 0 bridgehead atoms. The summed E-state index contributed by atoms with van der Waals surface area (Å²) in [7, 11) is 3.95. The summed E-state index contributed by atoms with van der Waals surface area (Å²) in [5.74, 6) is -0.643. The third-order valence-corrected chi connectivity index (χ3v) is 4.52. The summed E-state index contributed by atoms with van der Waals surface area (Å²) in [5.41, 5.74) is 1.15. The Morgan fingerprint density at radius 1 is 1.10 bits per heavy atom. The van der Waals surface area contributed by atoms with E-state index in [0.29, 0.717) is 6.54 Å². The molecular weight excluding hydrogens is 406 g/mol. The van der Waals surface area contributed by atoms with Crippen molar-refractivity contribution in [3.8, 4) is 17.2 Å². The minimum Gasteiger partial charge on any atom is -0.493 e. The second-order valence-electron chi connectivity index (χ2n) is 6.39. The quantitative estimate of drug-likeness (QED) is 0.406. The van der Waals surface area contributed by atoms with Crippen LogP contribution in [0.5, 0.6) is 17.2 Å². The normalized spacial score (nSPS) is 10.4. The molecule has 3 rings (SSSR count). The lowest BCUT2D eigenvalue weighted by Crippen LogP contribution is -2.24. The molecule has 162 valence electrons. The molecule has 1 amide bonds. The Labute approximate surface area is 177 Å². The molecule has 0 aliphatic heterocycles. The van der Waals surface area contributed by atoms with E-state index in [1.54, 1.807) is 11.0 Å². The Balaban J connectivity index is 1.79. The predicted molar refractivity (Wildman–Crippen MR) is 109 cm³/mol. The molecule has 0 aliphatic carbocycles. The van der Waals surface area contributed by atoms with E-state index in [9.17, 15) is 14.9 Å². The van der Waals surface area contributed by atoms with Crippen molar-refractivity contribution in [3.05, 3.63) is 69.8 Å². The lowest BCUT2D eigenvalue weighted by atomic mass is 10.1. The lowest BCUT2D eigenvalue weighted by molar-refractivity contribution is -0.386. The van der Waals surface area contributed by atoms with Crippen LogP contribution in [0.15, 0.2) is 43.0 Å². The van der Waals surface area contributed by atoms with Crippen molar-refractivity contribution >= 4 is 11.6 Å². The van der Waals surface area contributed by atoms with Gasteiger partial charge in [-0.05, 0) is 11.1 Å². The minimum absolute atomic E-state index is 0.0382. The van der Waals surface area contributed by atoms with Gasteiger partial charge in [0.15, 0.2) is 5.75 Å². The highest BCUT2D eigenvalue weighted by Gasteiger charge is 2.32. The number of benzene rings is 2. The average Bonchev–Trinajstić information content (AvgIpc) is 3.29. The van der Waals surface area contributed by atoms with Crippen LogP contribution in [0.3, 0.4) is 0 Å². The van der Waals surface area contributed by atoms with Crippen molar-refractivity contribution in [2.75, 3.05) is 21.3 Å². The molecule has 2 aromatic carbocycles. The number of aromatic nitrogens is 3. The van der Waals surface area contributed by atoms with Gasteiger partial charge in [-0.3, -0.25) is 14.9 Å². The van der Waals surface area contributed by atoms with Gasteiger partial charge in [0.05, 0.1) is 32.8 Å². The Bertz CT molecular complexity index is 1070. The summed E-state index contributed by atoms with van der Waals surface area (Å²) in [6, 6.07) is 8.79. The monoisotopic (exact) mass is 427 g/mol. The van der Waals surface area contributed by atoms with Crippen LogP contribution in [0.25, 0.3) is 0 Å². The summed E-state index contributed by atoms with van der Waals surface area (Å²) in [6.45, 7) is 0.751. The van der Waals surface area contributed by atoms with E-state index in [1.165, 1.54) is 33.7 Å². The van der Waals surface area contributed by atoms with Crippen LogP contribution in [0.1, 0.15) is 21.5 Å². The van der Waals surface area contributed by atoms with Crippen molar-refractivity contribution in [2.24, 2.45) is 0 Å². The van der Waals surface area contributed by atoms with Crippen molar-refractivity contribution < 1.29 is 23.9 Å².